The van der Waals surface area contributed by atoms with Crippen LogP contribution >= 0.6 is 0 Å². The number of fused-ring (bicyclic) bond motifs is 1. The van der Waals surface area contributed by atoms with E-state index in [4.69, 9.17) is 0 Å². The van der Waals surface area contributed by atoms with Crippen molar-refractivity contribution in [3.63, 3.8) is 0 Å². The Labute approximate surface area is 167 Å². The van der Waals surface area contributed by atoms with Crippen LogP contribution in [-0.4, -0.2) is 26.9 Å². The van der Waals surface area contributed by atoms with E-state index < -0.39 is 10.5 Å². The maximum Gasteiger partial charge on any atom is 0.271 e. The Balaban J connectivity index is 1.60. The first-order valence-electron chi connectivity index (χ1n) is 9.34. The number of carbonyl (C=O) groups is 1. The zero-order valence-electron chi connectivity index (χ0n) is 16.3. The Morgan fingerprint density at radius 3 is 2.59 bits per heavy atom. The van der Waals surface area contributed by atoms with Gasteiger partial charge in [0.05, 0.1) is 22.2 Å². The normalized spacial score (nSPS) is 11.0. The minimum Gasteiger partial charge on any atom is -0.354 e. The van der Waals surface area contributed by atoms with Gasteiger partial charge >= 0.3 is 0 Å². The molecule has 1 N–H and O–H groups in total. The first-order chi connectivity index (χ1) is 13.8. The zero-order valence-corrected chi connectivity index (χ0v) is 16.3. The number of aromatic nitrogens is 2. The fourth-order valence-corrected chi connectivity index (χ4v) is 3.00. The van der Waals surface area contributed by atoms with Gasteiger partial charge in [-0.1, -0.05) is 38.1 Å². The Morgan fingerprint density at radius 1 is 1.21 bits per heavy atom. The summed E-state index contributed by atoms with van der Waals surface area (Å²) in [6.07, 6.45) is 1.93. The van der Waals surface area contributed by atoms with Crippen LogP contribution in [0.15, 0.2) is 53.6 Å². The minimum absolute atomic E-state index is 0.138. The number of rotatable bonds is 7. The smallest absolute Gasteiger partial charge is 0.271 e. The van der Waals surface area contributed by atoms with E-state index in [1.165, 1.54) is 34.7 Å². The highest BCUT2D eigenvalue weighted by molar-refractivity contribution is 5.80. The second kappa shape index (κ2) is 8.64. The Kier molecular flexibility index (Phi) is 6.01. The van der Waals surface area contributed by atoms with Crippen LogP contribution in [0.5, 0.6) is 0 Å². The molecule has 0 fully saturated rings. The predicted octanol–water partition coefficient (Wildman–Crippen LogP) is 2.79. The number of non-ortho nitro benzene ring substituents is 1. The largest absolute Gasteiger partial charge is 0.354 e. The van der Waals surface area contributed by atoms with Gasteiger partial charge in [0.1, 0.15) is 6.54 Å². The topological polar surface area (TPSA) is 107 Å². The lowest BCUT2D eigenvalue weighted by Crippen LogP contribution is -2.33. The Hall–Kier alpha value is -3.55. The Morgan fingerprint density at radius 2 is 1.93 bits per heavy atom. The predicted molar refractivity (Wildman–Crippen MR) is 110 cm³/mol. The number of carbonyl (C=O) groups excluding carboxylic acids is 1. The molecule has 8 heteroatoms. The van der Waals surface area contributed by atoms with Crippen molar-refractivity contribution in [2.75, 3.05) is 6.54 Å². The van der Waals surface area contributed by atoms with Crippen LogP contribution in [0.4, 0.5) is 5.69 Å². The molecule has 29 heavy (non-hydrogen) atoms. The average Bonchev–Trinajstić information content (AvgIpc) is 2.70. The van der Waals surface area contributed by atoms with Gasteiger partial charge in [-0.3, -0.25) is 24.3 Å². The van der Waals surface area contributed by atoms with Crippen molar-refractivity contribution in [1.82, 2.24) is 14.9 Å². The third kappa shape index (κ3) is 4.84. The molecule has 1 aromatic heterocycles. The third-order valence-corrected chi connectivity index (χ3v) is 4.72. The minimum atomic E-state index is -0.545. The average molecular weight is 394 g/mol. The van der Waals surface area contributed by atoms with Gasteiger partial charge in [-0.2, -0.15) is 0 Å². The fraction of sp³-hybridized carbons (Fsp3) is 0.286. The summed E-state index contributed by atoms with van der Waals surface area (Å²) in [4.78, 5) is 39.0. The highest BCUT2D eigenvalue weighted by Crippen LogP contribution is 2.16. The Bertz CT molecular complexity index is 1100. The maximum absolute atomic E-state index is 12.5. The van der Waals surface area contributed by atoms with E-state index in [0.29, 0.717) is 18.9 Å². The summed E-state index contributed by atoms with van der Waals surface area (Å²) < 4.78 is 1.20. The van der Waals surface area contributed by atoms with Crippen LogP contribution in [0, 0.1) is 10.1 Å². The summed E-state index contributed by atoms with van der Waals surface area (Å²) in [5.41, 5.74) is 2.07. The highest BCUT2D eigenvalue weighted by atomic mass is 16.6. The first-order valence-corrected chi connectivity index (χ1v) is 9.34. The lowest BCUT2D eigenvalue weighted by molar-refractivity contribution is -0.384. The van der Waals surface area contributed by atoms with Crippen LogP contribution in [0.25, 0.3) is 10.9 Å². The first kappa shape index (κ1) is 20.2. The van der Waals surface area contributed by atoms with Gasteiger partial charge in [-0.15, -0.1) is 0 Å². The summed E-state index contributed by atoms with van der Waals surface area (Å²) in [5.74, 6) is 0.178. The molecule has 0 radical (unpaired) electrons. The van der Waals surface area contributed by atoms with Crippen molar-refractivity contribution >= 4 is 22.5 Å². The van der Waals surface area contributed by atoms with Gasteiger partial charge in [0.15, 0.2) is 0 Å². The molecule has 150 valence electrons. The fourth-order valence-electron chi connectivity index (χ4n) is 3.00. The van der Waals surface area contributed by atoms with Gasteiger partial charge in [0.2, 0.25) is 5.91 Å². The van der Waals surface area contributed by atoms with Crippen molar-refractivity contribution in [3.8, 4) is 0 Å². The number of nitrogens with zero attached hydrogens (tertiary/aromatic N) is 3. The second-order valence-corrected chi connectivity index (χ2v) is 7.13. The van der Waals surface area contributed by atoms with Gasteiger partial charge in [-0.05, 0) is 29.5 Å². The van der Waals surface area contributed by atoms with Crippen LogP contribution in [0.3, 0.4) is 0 Å². The van der Waals surface area contributed by atoms with Gasteiger partial charge in [-0.25, -0.2) is 4.98 Å². The van der Waals surface area contributed by atoms with E-state index in [9.17, 15) is 19.7 Å². The monoisotopic (exact) mass is 394 g/mol. The standard InChI is InChI=1S/C21H22N4O4/c1-14(2)16-5-3-15(4-6-16)9-10-22-20(26)12-24-13-23-19-11-17(25(28)29)7-8-18(19)21(24)27/h3-8,11,13-14H,9-10,12H2,1-2H3,(H,22,26). The number of nitro benzene ring substituents is 1. The van der Waals surface area contributed by atoms with Crippen LogP contribution in [0.2, 0.25) is 0 Å². The van der Waals surface area contributed by atoms with Crippen molar-refractivity contribution in [2.45, 2.75) is 32.7 Å². The number of benzene rings is 2. The van der Waals surface area contributed by atoms with Crippen LogP contribution in [0.1, 0.15) is 30.9 Å². The van der Waals surface area contributed by atoms with Gasteiger partial charge < -0.3 is 5.32 Å². The van der Waals surface area contributed by atoms with E-state index in [1.807, 2.05) is 0 Å². The maximum atomic E-state index is 12.5. The molecule has 1 amide bonds. The number of hydrogen-bond donors (Lipinski definition) is 1. The molecule has 2 aromatic carbocycles. The van der Waals surface area contributed by atoms with E-state index in [1.54, 1.807) is 0 Å². The summed E-state index contributed by atoms with van der Waals surface area (Å²) in [7, 11) is 0. The number of amides is 1. The number of hydrogen-bond acceptors (Lipinski definition) is 5. The zero-order chi connectivity index (χ0) is 21.0. The summed E-state index contributed by atoms with van der Waals surface area (Å²) in [5, 5.41) is 13.9. The molecule has 0 spiro atoms. The third-order valence-electron chi connectivity index (χ3n) is 4.72. The van der Waals surface area contributed by atoms with Crippen LogP contribution < -0.4 is 10.9 Å². The van der Waals surface area contributed by atoms with Crippen molar-refractivity contribution in [3.05, 3.63) is 80.4 Å². The van der Waals surface area contributed by atoms with E-state index in [2.05, 4.69) is 48.4 Å². The van der Waals surface area contributed by atoms with Crippen LogP contribution in [-0.2, 0) is 17.8 Å². The molecule has 0 aliphatic carbocycles. The van der Waals surface area contributed by atoms with Gasteiger partial charge in [0, 0.05) is 18.7 Å². The molecule has 1 heterocycles. The number of nitrogens with one attached hydrogen (secondary N) is 1. The van der Waals surface area contributed by atoms with E-state index in [0.717, 1.165) is 5.56 Å². The van der Waals surface area contributed by atoms with Crippen molar-refractivity contribution in [1.29, 1.82) is 0 Å². The molecular weight excluding hydrogens is 372 g/mol. The molecule has 0 bridgehead atoms. The molecule has 0 aliphatic heterocycles. The molecule has 0 atom stereocenters. The van der Waals surface area contributed by atoms with E-state index >= 15 is 0 Å². The number of nitro groups is 1. The lowest BCUT2D eigenvalue weighted by atomic mass is 10.0. The second-order valence-electron chi connectivity index (χ2n) is 7.13. The molecule has 0 unspecified atom stereocenters. The quantitative estimate of drug-likeness (QED) is 0.490. The summed E-state index contributed by atoms with van der Waals surface area (Å²) >= 11 is 0. The highest BCUT2D eigenvalue weighted by Gasteiger charge is 2.12. The van der Waals surface area contributed by atoms with Gasteiger partial charge in [0.25, 0.3) is 11.2 Å². The summed E-state index contributed by atoms with van der Waals surface area (Å²) in [6.45, 7) is 4.58. The van der Waals surface area contributed by atoms with Crippen molar-refractivity contribution in [2.24, 2.45) is 0 Å². The molecule has 3 rings (SSSR count). The molecule has 0 saturated carbocycles. The lowest BCUT2D eigenvalue weighted by Gasteiger charge is -2.09. The van der Waals surface area contributed by atoms with Crippen molar-refractivity contribution < 1.29 is 9.72 Å². The summed E-state index contributed by atoms with van der Waals surface area (Å²) in [6, 6.07) is 12.1. The molecular formula is C21H22N4O4. The molecule has 0 aliphatic rings. The van der Waals surface area contributed by atoms with E-state index in [-0.39, 0.29) is 29.0 Å². The molecule has 3 aromatic rings. The molecule has 8 nitrogen and oxygen atoms in total. The molecule has 0 saturated heterocycles. The SMILES string of the molecule is CC(C)c1ccc(CCNC(=O)Cn2cnc3cc([N+](=O)[O-])ccc3c2=O)cc1.